The summed E-state index contributed by atoms with van der Waals surface area (Å²) in [5.41, 5.74) is 6.20. The highest BCUT2D eigenvalue weighted by Gasteiger charge is 2.21. The summed E-state index contributed by atoms with van der Waals surface area (Å²) in [6.07, 6.45) is 5.39. The highest BCUT2D eigenvalue weighted by Crippen LogP contribution is 2.17. The van der Waals surface area contributed by atoms with E-state index < -0.39 is 0 Å². The van der Waals surface area contributed by atoms with Crippen molar-refractivity contribution in [3.05, 3.63) is 11.9 Å². The molecule has 0 radical (unpaired) electrons. The number of hydrogen-bond donors (Lipinski definition) is 2. The van der Waals surface area contributed by atoms with Crippen LogP contribution in [0.5, 0.6) is 0 Å². The molecule has 1 heterocycles. The van der Waals surface area contributed by atoms with Crippen LogP contribution >= 0.6 is 24.1 Å². The Balaban J connectivity index is 0.00000128. The van der Waals surface area contributed by atoms with Crippen LogP contribution in [0.25, 0.3) is 0 Å². The van der Waals surface area contributed by atoms with Crippen LogP contribution in [-0.4, -0.2) is 26.7 Å². The van der Waals surface area contributed by atoms with Gasteiger partial charge in [-0.3, -0.25) is 4.79 Å². The van der Waals surface area contributed by atoms with Crippen molar-refractivity contribution in [3.63, 3.8) is 0 Å². The molecule has 0 atom stereocenters. The lowest BCUT2D eigenvalue weighted by molar-refractivity contribution is 0.0921. The number of carbonyl (C=O) groups is 1. The Morgan fingerprint density at radius 2 is 2.12 bits per heavy atom. The third-order valence-corrected chi connectivity index (χ3v) is 3.18. The van der Waals surface area contributed by atoms with Crippen molar-refractivity contribution in [2.24, 2.45) is 5.73 Å². The number of amides is 1. The Morgan fingerprint density at radius 1 is 1.44 bits per heavy atom. The highest BCUT2D eigenvalue weighted by atomic mass is 35.5. The first-order valence-corrected chi connectivity index (χ1v) is 5.83. The number of nitrogens with two attached hydrogens (primary N) is 1. The first-order chi connectivity index (χ1) is 7.25. The van der Waals surface area contributed by atoms with Gasteiger partial charge in [-0.2, -0.15) is 8.75 Å². The molecule has 0 saturated heterocycles. The average molecular weight is 263 g/mol. The summed E-state index contributed by atoms with van der Waals surface area (Å²) in [7, 11) is 0. The first-order valence-electron chi connectivity index (χ1n) is 5.09. The fraction of sp³-hybridized carbons (Fsp3) is 0.667. The summed E-state index contributed by atoms with van der Waals surface area (Å²) in [6, 6.07) is 0.554. The Bertz CT molecular complexity index is 324. The lowest BCUT2D eigenvalue weighted by Gasteiger charge is -2.26. The van der Waals surface area contributed by atoms with E-state index in [0.29, 0.717) is 11.7 Å². The van der Waals surface area contributed by atoms with Gasteiger partial charge in [-0.05, 0) is 25.7 Å². The largest absolute Gasteiger partial charge is 0.348 e. The predicted molar refractivity (Wildman–Crippen MR) is 64.9 cm³/mol. The van der Waals surface area contributed by atoms with Crippen LogP contribution in [0.2, 0.25) is 0 Å². The number of halogens is 1. The van der Waals surface area contributed by atoms with Crippen LogP contribution in [-0.2, 0) is 0 Å². The summed E-state index contributed by atoms with van der Waals surface area (Å²) >= 11 is 1.05. The normalized spacial score (nSPS) is 24.6. The van der Waals surface area contributed by atoms with Gasteiger partial charge in [-0.15, -0.1) is 12.4 Å². The minimum absolute atomic E-state index is 0. The van der Waals surface area contributed by atoms with Crippen LogP contribution in [0.3, 0.4) is 0 Å². The van der Waals surface area contributed by atoms with Gasteiger partial charge in [0.1, 0.15) is 0 Å². The Morgan fingerprint density at radius 3 is 2.69 bits per heavy atom. The van der Waals surface area contributed by atoms with Gasteiger partial charge in [0.15, 0.2) is 5.69 Å². The van der Waals surface area contributed by atoms with Crippen LogP contribution in [0.4, 0.5) is 0 Å². The first kappa shape index (κ1) is 13.3. The van der Waals surface area contributed by atoms with Crippen molar-refractivity contribution in [3.8, 4) is 0 Å². The van der Waals surface area contributed by atoms with E-state index in [1.54, 1.807) is 0 Å². The van der Waals surface area contributed by atoms with E-state index in [4.69, 9.17) is 5.73 Å². The zero-order valence-corrected chi connectivity index (χ0v) is 10.4. The minimum Gasteiger partial charge on any atom is -0.348 e. The number of nitrogens with zero attached hydrogens (tertiary/aromatic N) is 2. The minimum atomic E-state index is -0.121. The molecule has 1 aliphatic rings. The molecule has 1 fully saturated rings. The summed E-state index contributed by atoms with van der Waals surface area (Å²) < 4.78 is 7.69. The summed E-state index contributed by atoms with van der Waals surface area (Å²) in [4.78, 5) is 11.6. The molecule has 90 valence electrons. The van der Waals surface area contributed by atoms with Crippen molar-refractivity contribution in [1.82, 2.24) is 14.1 Å². The van der Waals surface area contributed by atoms with Crippen LogP contribution in [0.1, 0.15) is 36.2 Å². The van der Waals surface area contributed by atoms with Crippen molar-refractivity contribution >= 4 is 30.0 Å². The van der Waals surface area contributed by atoms with Crippen molar-refractivity contribution in [2.75, 3.05) is 0 Å². The Kier molecular flexibility index (Phi) is 5.11. The molecule has 0 bridgehead atoms. The number of nitrogens with one attached hydrogen (secondary N) is 1. The molecule has 1 saturated carbocycles. The maximum atomic E-state index is 11.6. The molecule has 1 aromatic rings. The number of aromatic nitrogens is 2. The number of carbonyl (C=O) groups excluding carboxylic acids is 1. The smallest absolute Gasteiger partial charge is 0.272 e. The maximum absolute atomic E-state index is 11.6. The van der Waals surface area contributed by atoms with E-state index in [1.807, 2.05) is 0 Å². The van der Waals surface area contributed by atoms with Gasteiger partial charge in [0, 0.05) is 12.1 Å². The molecule has 0 aromatic carbocycles. The molecular weight excluding hydrogens is 248 g/mol. The van der Waals surface area contributed by atoms with E-state index >= 15 is 0 Å². The van der Waals surface area contributed by atoms with Crippen LogP contribution in [0.15, 0.2) is 6.20 Å². The van der Waals surface area contributed by atoms with Crippen LogP contribution < -0.4 is 11.1 Å². The van der Waals surface area contributed by atoms with E-state index in [1.165, 1.54) is 6.20 Å². The van der Waals surface area contributed by atoms with Crippen LogP contribution in [0, 0.1) is 0 Å². The van der Waals surface area contributed by atoms with E-state index in [9.17, 15) is 4.79 Å². The summed E-state index contributed by atoms with van der Waals surface area (Å²) in [5, 5.41) is 2.95. The number of hydrogen-bond acceptors (Lipinski definition) is 5. The quantitative estimate of drug-likeness (QED) is 0.832. The molecule has 1 aromatic heterocycles. The third kappa shape index (κ3) is 3.40. The fourth-order valence-electron chi connectivity index (χ4n) is 1.79. The average Bonchev–Trinajstić information content (AvgIpc) is 2.74. The predicted octanol–water partition coefficient (Wildman–Crippen LogP) is 0.960. The summed E-state index contributed by atoms with van der Waals surface area (Å²) in [5.74, 6) is -0.121. The highest BCUT2D eigenvalue weighted by molar-refractivity contribution is 6.99. The zero-order chi connectivity index (χ0) is 10.7. The second-order valence-electron chi connectivity index (χ2n) is 3.88. The molecular formula is C9H15ClN4OS. The SMILES string of the molecule is Cl.NC1CCC(NC(=O)c2cnsn2)CC1. The molecule has 0 unspecified atom stereocenters. The monoisotopic (exact) mass is 262 g/mol. The second kappa shape index (κ2) is 6.12. The van der Waals surface area contributed by atoms with Gasteiger partial charge in [-0.25, -0.2) is 0 Å². The lowest BCUT2D eigenvalue weighted by atomic mass is 9.92. The van der Waals surface area contributed by atoms with E-state index in [-0.39, 0.29) is 24.4 Å². The molecule has 7 heteroatoms. The van der Waals surface area contributed by atoms with Gasteiger partial charge in [-0.1, -0.05) is 0 Å². The standard InChI is InChI=1S/C9H14N4OS.ClH/c10-6-1-3-7(4-2-6)12-9(14)8-5-11-15-13-8;/h5-7H,1-4,10H2,(H,12,14);1H. The summed E-state index contributed by atoms with van der Waals surface area (Å²) in [6.45, 7) is 0. The van der Waals surface area contributed by atoms with Gasteiger partial charge in [0.25, 0.3) is 5.91 Å². The topological polar surface area (TPSA) is 80.9 Å². The molecule has 1 aliphatic carbocycles. The Labute approximate surface area is 105 Å². The van der Waals surface area contributed by atoms with Crippen molar-refractivity contribution in [1.29, 1.82) is 0 Å². The molecule has 3 N–H and O–H groups in total. The Hall–Kier alpha value is -0.720. The van der Waals surface area contributed by atoms with Gasteiger partial charge in [0.2, 0.25) is 0 Å². The number of rotatable bonds is 2. The molecule has 0 spiro atoms. The molecule has 1 amide bonds. The maximum Gasteiger partial charge on any atom is 0.272 e. The van der Waals surface area contributed by atoms with Gasteiger partial charge >= 0.3 is 0 Å². The van der Waals surface area contributed by atoms with Crippen molar-refractivity contribution < 1.29 is 4.79 Å². The second-order valence-corrected chi connectivity index (χ2v) is 4.43. The van der Waals surface area contributed by atoms with Gasteiger partial charge in [0.05, 0.1) is 17.9 Å². The zero-order valence-electron chi connectivity index (χ0n) is 8.76. The molecule has 0 aliphatic heterocycles. The van der Waals surface area contributed by atoms with Crippen molar-refractivity contribution in [2.45, 2.75) is 37.8 Å². The fourth-order valence-corrected chi connectivity index (χ4v) is 2.20. The molecule has 2 rings (SSSR count). The third-order valence-electron chi connectivity index (χ3n) is 2.70. The van der Waals surface area contributed by atoms with E-state index in [2.05, 4.69) is 14.1 Å². The van der Waals surface area contributed by atoms with E-state index in [0.717, 1.165) is 37.4 Å². The molecule has 5 nitrogen and oxygen atoms in total. The molecule has 16 heavy (non-hydrogen) atoms. The lowest BCUT2D eigenvalue weighted by Crippen LogP contribution is -2.40. The van der Waals surface area contributed by atoms with Gasteiger partial charge < -0.3 is 11.1 Å².